The molecule has 0 aliphatic rings. The predicted molar refractivity (Wildman–Crippen MR) is 271 cm³/mol. The van der Waals surface area contributed by atoms with Crippen LogP contribution in [0.2, 0.25) is 0 Å². The third kappa shape index (κ3) is 44.9. The van der Waals surface area contributed by atoms with Crippen LogP contribution >= 0.6 is 64.8 Å². The SMILES string of the molecule is C=CC(CC)SSC[C@H](NC(=O)OC(C)(C)C)C(=O)OC.C=CC(CC)SSC[C@H](NC(=O)OC(C)(C)C)C(=O)OC.CC/C=C/SSC[C@H](NC(=O)OC(C)(C)C)C(=O)OC.O=[Si]=O. The van der Waals surface area contributed by atoms with Gasteiger partial charge in [-0.3, -0.25) is 8.92 Å². The van der Waals surface area contributed by atoms with Gasteiger partial charge in [0.05, 0.1) is 21.3 Å². The molecule has 0 heterocycles. The Balaban J connectivity index is -0.000000416. The van der Waals surface area contributed by atoms with Crippen LogP contribution in [-0.4, -0.2) is 129 Å². The van der Waals surface area contributed by atoms with Crippen LogP contribution in [0.25, 0.3) is 0 Å². The van der Waals surface area contributed by atoms with Gasteiger partial charge in [0.2, 0.25) is 0 Å². The smallest absolute Gasteiger partial charge is 0.467 e. The second-order valence-corrected chi connectivity index (χ2v) is 23.3. The highest BCUT2D eigenvalue weighted by atomic mass is 33.1. The summed E-state index contributed by atoms with van der Waals surface area (Å²) in [7, 11) is 11.7. The summed E-state index contributed by atoms with van der Waals surface area (Å²) in [6.45, 7) is 29.6. The molecule has 3 amide bonds. The van der Waals surface area contributed by atoms with Crippen molar-refractivity contribution in [3.05, 3.63) is 36.8 Å². The van der Waals surface area contributed by atoms with E-state index in [4.69, 9.17) is 32.6 Å². The summed E-state index contributed by atoms with van der Waals surface area (Å²) in [6, 6.07) is -2.18. The summed E-state index contributed by atoms with van der Waals surface area (Å²) in [4.78, 5) is 70.1. The predicted octanol–water partition coefficient (Wildman–Crippen LogP) is 9.54. The number of carbonyl (C=O) groups is 6. The van der Waals surface area contributed by atoms with Crippen molar-refractivity contribution < 1.29 is 66.1 Å². The molecule has 0 fully saturated rings. The van der Waals surface area contributed by atoms with E-state index in [1.165, 1.54) is 64.5 Å². The van der Waals surface area contributed by atoms with E-state index in [-0.39, 0.29) is 0 Å². The van der Waals surface area contributed by atoms with Gasteiger partial charge in [-0.05, 0) is 87.0 Å². The third-order valence-corrected chi connectivity index (χ3v) is 14.3. The maximum Gasteiger partial charge on any atom is 0.549 e. The zero-order valence-corrected chi connectivity index (χ0v) is 46.4. The molecule has 0 aromatic rings. The van der Waals surface area contributed by atoms with Crippen LogP contribution < -0.4 is 16.0 Å². The zero-order valence-electron chi connectivity index (χ0n) is 40.5. The molecule has 2 unspecified atom stereocenters. The number of carbonyl (C=O) groups excluding carboxylic acids is 6. The molecule has 0 aliphatic heterocycles. The Labute approximate surface area is 413 Å². The van der Waals surface area contributed by atoms with E-state index in [0.29, 0.717) is 27.8 Å². The van der Waals surface area contributed by atoms with Gasteiger partial charge in [-0.1, -0.05) is 104 Å². The molecule has 0 saturated carbocycles. The minimum absolute atomic E-state index is 0.315. The van der Waals surface area contributed by atoms with Crippen molar-refractivity contribution in [2.24, 2.45) is 0 Å². The van der Waals surface area contributed by atoms with Gasteiger partial charge in [0.25, 0.3) is 0 Å². The van der Waals surface area contributed by atoms with Crippen LogP contribution in [0.5, 0.6) is 0 Å². The molecule has 0 spiro atoms. The maximum absolute atomic E-state index is 11.7. The molecule has 5 atom stereocenters. The number of ether oxygens (including phenoxy) is 6. The molecule has 0 aromatic carbocycles. The Morgan fingerprint density at radius 2 is 0.831 bits per heavy atom. The molecule has 0 bridgehead atoms. The fraction of sp³-hybridized carbons (Fsp3) is 0.707. The number of methoxy groups -OCH3 is 3. The van der Waals surface area contributed by atoms with E-state index >= 15 is 0 Å². The van der Waals surface area contributed by atoms with Gasteiger partial charge in [0, 0.05) is 27.8 Å². The van der Waals surface area contributed by atoms with E-state index in [2.05, 4.69) is 47.7 Å². The van der Waals surface area contributed by atoms with E-state index in [9.17, 15) is 28.8 Å². The van der Waals surface area contributed by atoms with E-state index < -0.39 is 80.4 Å². The molecule has 0 aliphatic carbocycles. The van der Waals surface area contributed by atoms with E-state index in [1.54, 1.807) is 83.9 Å². The first-order chi connectivity index (χ1) is 30.2. The Kier molecular flexibility index (Phi) is 42.9. The zero-order chi connectivity index (χ0) is 51.2. The van der Waals surface area contributed by atoms with Gasteiger partial charge < -0.3 is 44.4 Å². The number of allylic oxidation sites excluding steroid dienone is 1. The van der Waals surface area contributed by atoms with Crippen LogP contribution in [0.1, 0.15) is 102 Å². The normalized spacial score (nSPS) is 13.2. The number of rotatable bonds is 23. The molecule has 0 aromatic heterocycles. The number of hydrogen-bond acceptors (Lipinski definition) is 20. The first-order valence-electron chi connectivity index (χ1n) is 20.1. The number of esters is 3. The van der Waals surface area contributed by atoms with Crippen LogP contribution in [0.3, 0.4) is 0 Å². The summed E-state index contributed by atoms with van der Waals surface area (Å²) in [5, 5.41) is 10.2. The van der Waals surface area contributed by atoms with Gasteiger partial charge >= 0.3 is 45.5 Å². The van der Waals surface area contributed by atoms with Gasteiger partial charge in [0.15, 0.2) is 0 Å². The molecular formula is C41H73N3O14S6Si. The average molecular weight is 1050 g/mol. The van der Waals surface area contributed by atoms with Crippen molar-refractivity contribution in [2.75, 3.05) is 38.6 Å². The van der Waals surface area contributed by atoms with Crippen LogP contribution in [0.15, 0.2) is 36.8 Å². The van der Waals surface area contributed by atoms with Gasteiger partial charge in [-0.25, -0.2) is 28.8 Å². The standard InChI is InChI=1S/2C14H25NO4S2.C13H23NO4S2.O2Si/c2*1-7-10(8-2)21-20-9-11(12(16)18-6)15-13(17)19-14(3,4)5;1-6-7-8-19-20-9-10(11(15)17-5)14-12(16)18-13(2,3)4;1-3-2/h2*7,10-11H,1,8-9H2,2-6H3,(H,15,17);7-8,10H,6,9H2,1-5H3,(H,14,16);/b;;8-7+;/t2*10?,11-;10-;/m000./s1. The highest BCUT2D eigenvalue weighted by Crippen LogP contribution is 2.31. The van der Waals surface area contributed by atoms with E-state index in [1.807, 2.05) is 30.6 Å². The molecule has 376 valence electrons. The minimum atomic E-state index is -1.42. The summed E-state index contributed by atoms with van der Waals surface area (Å²) < 4.78 is 46.3. The number of nitrogens with one attached hydrogen (secondary N) is 3. The molecule has 65 heavy (non-hydrogen) atoms. The highest BCUT2D eigenvalue weighted by Gasteiger charge is 2.28. The van der Waals surface area contributed by atoms with Gasteiger partial charge in [-0.2, -0.15) is 0 Å². The Hall–Kier alpha value is -2.64. The summed E-state index contributed by atoms with van der Waals surface area (Å²) in [5.74, 6) is -0.239. The van der Waals surface area contributed by atoms with Crippen molar-refractivity contribution in [2.45, 2.75) is 148 Å². The first-order valence-corrected chi connectivity index (χ1v) is 28.1. The minimum Gasteiger partial charge on any atom is -0.467 e. The third-order valence-electron chi connectivity index (χ3n) is 6.40. The Bertz CT molecular complexity index is 1400. The number of hydrogen-bond donors (Lipinski definition) is 3. The topological polar surface area (TPSA) is 228 Å². The fourth-order valence-electron chi connectivity index (χ4n) is 3.50. The van der Waals surface area contributed by atoms with Crippen LogP contribution in [-0.2, 0) is 51.7 Å². The van der Waals surface area contributed by atoms with Crippen molar-refractivity contribution in [1.82, 2.24) is 16.0 Å². The van der Waals surface area contributed by atoms with Gasteiger partial charge in [-0.15, -0.1) is 13.2 Å². The molecule has 0 rings (SSSR count). The summed E-state index contributed by atoms with van der Waals surface area (Å²) in [6.07, 6.45) is 6.77. The second-order valence-electron chi connectivity index (χ2n) is 15.5. The molecule has 0 radical (unpaired) electrons. The quantitative estimate of drug-likeness (QED) is 0.0216. The van der Waals surface area contributed by atoms with E-state index in [0.717, 1.165) is 19.3 Å². The Morgan fingerprint density at radius 3 is 1.05 bits per heavy atom. The first kappa shape index (κ1) is 68.9. The van der Waals surface area contributed by atoms with Crippen molar-refractivity contribution in [1.29, 1.82) is 0 Å². The molecule has 24 heteroatoms. The Morgan fingerprint density at radius 1 is 0.554 bits per heavy atom. The van der Waals surface area contributed by atoms with Crippen molar-refractivity contribution in [3.8, 4) is 0 Å². The fourth-order valence-corrected chi connectivity index (χ4v) is 10.7. The lowest BCUT2D eigenvalue weighted by molar-refractivity contribution is -0.143. The molecular weight excluding hydrogens is 979 g/mol. The van der Waals surface area contributed by atoms with Crippen LogP contribution in [0, 0.1) is 0 Å². The maximum atomic E-state index is 11.7. The number of alkyl carbamates (subject to hydrolysis) is 3. The molecule has 17 nitrogen and oxygen atoms in total. The molecule has 3 N–H and O–H groups in total. The highest BCUT2D eigenvalue weighted by molar-refractivity contribution is 8.78. The van der Waals surface area contributed by atoms with Gasteiger partial charge in [0.1, 0.15) is 34.9 Å². The van der Waals surface area contributed by atoms with Crippen molar-refractivity contribution >= 4 is 110 Å². The lowest BCUT2D eigenvalue weighted by Gasteiger charge is -2.22. The average Bonchev–Trinajstić information content (AvgIpc) is 3.20. The van der Waals surface area contributed by atoms with Crippen molar-refractivity contribution in [3.63, 3.8) is 0 Å². The van der Waals surface area contributed by atoms with Crippen LogP contribution in [0.4, 0.5) is 14.4 Å². The monoisotopic (exact) mass is 1050 g/mol. The summed E-state index contributed by atoms with van der Waals surface area (Å²) >= 11 is 0. The lowest BCUT2D eigenvalue weighted by Crippen LogP contribution is -2.45. The lowest BCUT2D eigenvalue weighted by atomic mass is 10.2. The molecule has 0 saturated heterocycles. The second kappa shape index (κ2) is 40.4. The number of amides is 3. The largest absolute Gasteiger partial charge is 0.549 e. The summed E-state index contributed by atoms with van der Waals surface area (Å²) in [5.41, 5.74) is -1.82.